The number of ether oxygens (including phenoxy) is 1. The molecule has 0 atom stereocenters. The zero-order chi connectivity index (χ0) is 34.5. The van der Waals surface area contributed by atoms with Gasteiger partial charge >= 0.3 is 0 Å². The molecule has 0 aromatic heterocycles. The summed E-state index contributed by atoms with van der Waals surface area (Å²) in [5.41, 5.74) is 0.830. The van der Waals surface area contributed by atoms with Crippen molar-refractivity contribution < 1.29 is 22.7 Å². The number of carbonyl (C=O) groups excluding carboxylic acids is 2. The molecule has 1 amide bonds. The van der Waals surface area contributed by atoms with Gasteiger partial charge < -0.3 is 10.1 Å². The number of para-hydroxylation sites is 2. The van der Waals surface area contributed by atoms with Crippen LogP contribution >= 0.6 is 11.6 Å². The Labute approximate surface area is 293 Å². The molecule has 0 saturated heterocycles. The molecular weight excluding hydrogens is 644 g/mol. The van der Waals surface area contributed by atoms with Crippen LogP contribution in [0.15, 0.2) is 77.7 Å². The molecule has 0 aliphatic heterocycles. The van der Waals surface area contributed by atoms with Crippen molar-refractivity contribution in [1.82, 2.24) is 0 Å². The molecule has 0 fully saturated rings. The van der Waals surface area contributed by atoms with Crippen molar-refractivity contribution in [3.05, 3.63) is 83.4 Å². The van der Waals surface area contributed by atoms with Crippen molar-refractivity contribution in [2.75, 3.05) is 16.6 Å². The van der Waals surface area contributed by atoms with Gasteiger partial charge in [0.1, 0.15) is 5.75 Å². The third kappa shape index (κ3) is 14.8. The predicted molar refractivity (Wildman–Crippen MR) is 198 cm³/mol. The fourth-order valence-corrected chi connectivity index (χ4v) is 6.83. The van der Waals surface area contributed by atoms with Gasteiger partial charge in [-0.1, -0.05) is 145 Å². The van der Waals surface area contributed by atoms with Gasteiger partial charge in [-0.05, 0) is 48.9 Å². The summed E-state index contributed by atoms with van der Waals surface area (Å²) in [6.07, 6.45) is 20.3. The van der Waals surface area contributed by atoms with E-state index in [0.29, 0.717) is 23.6 Å². The molecule has 262 valence electrons. The molecular formula is C39H53ClN2O5S. The second kappa shape index (κ2) is 22.3. The molecule has 48 heavy (non-hydrogen) atoms. The summed E-state index contributed by atoms with van der Waals surface area (Å²) in [7, 11) is -3.93. The number of hydrogen-bond donors (Lipinski definition) is 2. The smallest absolute Gasteiger partial charge is 0.261 e. The first kappa shape index (κ1) is 39.1. The normalized spacial score (nSPS) is 11.3. The second-order valence-electron chi connectivity index (χ2n) is 12.4. The van der Waals surface area contributed by atoms with Gasteiger partial charge in [-0.15, -0.1) is 0 Å². The van der Waals surface area contributed by atoms with E-state index >= 15 is 0 Å². The van der Waals surface area contributed by atoms with Crippen molar-refractivity contribution in [3.63, 3.8) is 0 Å². The number of ketones is 1. The maximum absolute atomic E-state index is 13.1. The highest BCUT2D eigenvalue weighted by atomic mass is 35.5. The first-order valence-corrected chi connectivity index (χ1v) is 19.6. The lowest BCUT2D eigenvalue weighted by Crippen LogP contribution is -2.18. The van der Waals surface area contributed by atoms with Crippen LogP contribution in [0.5, 0.6) is 5.75 Å². The number of unbranched alkanes of at least 4 members (excludes halogenated alkanes) is 15. The molecule has 3 rings (SSSR count). The van der Waals surface area contributed by atoms with E-state index in [1.54, 1.807) is 54.6 Å². The first-order chi connectivity index (χ1) is 23.3. The number of sulfonamides is 1. The standard InChI is InChI=1S/C39H53ClN2O5S/c1-2-3-4-5-6-7-8-9-10-11-12-13-14-15-16-22-29-47-38-26-21-20-25-34(38)37(43)31-39(44)41-36-30-33(27-28-35(36)40)48(45,46)42-32-23-18-17-19-24-32/h17-21,23-28,30,42H,2-16,22,29,31H2,1H3,(H,41,44). The molecule has 3 aromatic rings. The number of halogens is 1. The second-order valence-corrected chi connectivity index (χ2v) is 14.5. The van der Waals surface area contributed by atoms with Crippen molar-refractivity contribution in [2.24, 2.45) is 0 Å². The number of anilines is 2. The largest absolute Gasteiger partial charge is 0.493 e. The highest BCUT2D eigenvalue weighted by molar-refractivity contribution is 7.92. The van der Waals surface area contributed by atoms with E-state index < -0.39 is 28.1 Å². The third-order valence-corrected chi connectivity index (χ3v) is 10.0. The van der Waals surface area contributed by atoms with Crippen molar-refractivity contribution in [1.29, 1.82) is 0 Å². The van der Waals surface area contributed by atoms with Crippen molar-refractivity contribution in [2.45, 2.75) is 121 Å². The summed E-state index contributed by atoms with van der Waals surface area (Å²) < 4.78 is 34.2. The van der Waals surface area contributed by atoms with E-state index in [4.69, 9.17) is 16.3 Å². The van der Waals surface area contributed by atoms with Crippen LogP contribution in [-0.2, 0) is 14.8 Å². The minimum Gasteiger partial charge on any atom is -0.493 e. The number of Topliss-reactive ketones (excluding diaryl/α,β-unsaturated/α-hetero) is 1. The maximum Gasteiger partial charge on any atom is 0.261 e. The molecule has 0 spiro atoms. The van der Waals surface area contributed by atoms with E-state index in [2.05, 4.69) is 17.0 Å². The molecule has 0 saturated carbocycles. The van der Waals surface area contributed by atoms with Crippen LogP contribution in [0, 0.1) is 0 Å². The summed E-state index contributed by atoms with van der Waals surface area (Å²) >= 11 is 6.26. The Balaban J connectivity index is 1.34. The topological polar surface area (TPSA) is 102 Å². The quantitative estimate of drug-likeness (QED) is 0.0521. The predicted octanol–water partition coefficient (Wildman–Crippen LogP) is 11.0. The van der Waals surface area contributed by atoms with Gasteiger partial charge in [0.05, 0.1) is 34.2 Å². The van der Waals surface area contributed by atoms with Gasteiger partial charge in [-0.25, -0.2) is 8.42 Å². The molecule has 0 aliphatic rings. The Bertz CT molecular complexity index is 1500. The van der Waals surface area contributed by atoms with Crippen LogP contribution in [0.1, 0.15) is 126 Å². The van der Waals surface area contributed by atoms with E-state index in [1.165, 1.54) is 108 Å². The fraction of sp³-hybridized carbons (Fsp3) is 0.487. The summed E-state index contributed by atoms with van der Waals surface area (Å²) in [5.74, 6) is -0.560. The SMILES string of the molecule is CCCCCCCCCCCCCCCCCCOc1ccccc1C(=O)CC(=O)Nc1cc(S(=O)(=O)Nc2ccccc2)ccc1Cl. The van der Waals surface area contributed by atoms with Crippen LogP contribution in [0.25, 0.3) is 0 Å². The van der Waals surface area contributed by atoms with Gasteiger partial charge in [0.25, 0.3) is 10.0 Å². The van der Waals surface area contributed by atoms with E-state index in [-0.39, 0.29) is 15.6 Å². The van der Waals surface area contributed by atoms with Gasteiger partial charge in [-0.2, -0.15) is 0 Å². The lowest BCUT2D eigenvalue weighted by molar-refractivity contribution is -0.115. The van der Waals surface area contributed by atoms with Crippen LogP contribution < -0.4 is 14.8 Å². The number of rotatable bonds is 25. The van der Waals surface area contributed by atoms with E-state index in [9.17, 15) is 18.0 Å². The van der Waals surface area contributed by atoms with E-state index in [0.717, 1.165) is 12.8 Å². The van der Waals surface area contributed by atoms with Gasteiger partial charge in [0, 0.05) is 5.69 Å². The average molecular weight is 697 g/mol. The monoisotopic (exact) mass is 696 g/mol. The zero-order valence-electron chi connectivity index (χ0n) is 28.5. The molecule has 7 nitrogen and oxygen atoms in total. The highest BCUT2D eigenvalue weighted by Crippen LogP contribution is 2.27. The van der Waals surface area contributed by atoms with Crippen LogP contribution in [-0.4, -0.2) is 26.7 Å². The molecule has 0 bridgehead atoms. The van der Waals surface area contributed by atoms with Crippen molar-refractivity contribution >= 4 is 44.7 Å². The molecule has 0 radical (unpaired) electrons. The molecule has 9 heteroatoms. The number of nitrogens with one attached hydrogen (secondary N) is 2. The molecule has 2 N–H and O–H groups in total. The summed E-state index contributed by atoms with van der Waals surface area (Å²) in [6.45, 7) is 2.77. The molecule has 0 aliphatic carbocycles. The Morgan fingerprint density at radius 1 is 0.688 bits per heavy atom. The third-order valence-electron chi connectivity index (χ3n) is 8.31. The fourth-order valence-electron chi connectivity index (χ4n) is 5.58. The van der Waals surface area contributed by atoms with Crippen LogP contribution in [0.2, 0.25) is 5.02 Å². The Morgan fingerprint density at radius 3 is 1.83 bits per heavy atom. The lowest BCUT2D eigenvalue weighted by atomic mass is 10.0. The first-order valence-electron chi connectivity index (χ1n) is 17.7. The summed E-state index contributed by atoms with van der Waals surface area (Å²) in [5, 5.41) is 2.74. The Morgan fingerprint density at radius 2 is 1.23 bits per heavy atom. The van der Waals surface area contributed by atoms with Gasteiger partial charge in [0.2, 0.25) is 5.91 Å². The average Bonchev–Trinajstić information content (AvgIpc) is 3.07. The lowest BCUT2D eigenvalue weighted by Gasteiger charge is -2.13. The van der Waals surface area contributed by atoms with Gasteiger partial charge in [-0.3, -0.25) is 14.3 Å². The van der Waals surface area contributed by atoms with Crippen LogP contribution in [0.4, 0.5) is 11.4 Å². The molecule has 0 heterocycles. The number of amides is 1. The molecule has 3 aromatic carbocycles. The zero-order valence-corrected chi connectivity index (χ0v) is 30.1. The highest BCUT2D eigenvalue weighted by Gasteiger charge is 2.20. The summed E-state index contributed by atoms with van der Waals surface area (Å²) in [6, 6.07) is 19.4. The minimum absolute atomic E-state index is 0.0785. The number of benzene rings is 3. The number of carbonyl (C=O) groups is 2. The number of hydrogen-bond acceptors (Lipinski definition) is 5. The van der Waals surface area contributed by atoms with E-state index in [1.807, 2.05) is 0 Å². The maximum atomic E-state index is 13.1. The summed E-state index contributed by atoms with van der Waals surface area (Å²) in [4.78, 5) is 25.8. The van der Waals surface area contributed by atoms with Gasteiger partial charge in [0.15, 0.2) is 5.78 Å². The Kier molecular flexibility index (Phi) is 18.2. The van der Waals surface area contributed by atoms with Crippen molar-refractivity contribution in [3.8, 4) is 5.75 Å². The minimum atomic E-state index is -3.93. The molecule has 0 unspecified atom stereocenters. The Hall–Kier alpha value is -3.36. The van der Waals surface area contributed by atoms with Crippen LogP contribution in [0.3, 0.4) is 0 Å².